The number of hydrogen-bond acceptors (Lipinski definition) is 4. The fourth-order valence-corrected chi connectivity index (χ4v) is 3.94. The van der Waals surface area contributed by atoms with Crippen LogP contribution >= 0.6 is 0 Å². The first-order chi connectivity index (χ1) is 17.3. The molecule has 0 spiro atoms. The van der Waals surface area contributed by atoms with Crippen molar-refractivity contribution < 1.29 is 31.5 Å². The van der Waals surface area contributed by atoms with Crippen LogP contribution in [0.5, 0.6) is 11.6 Å². The number of alkyl halides is 5. The van der Waals surface area contributed by atoms with E-state index in [-0.39, 0.29) is 22.3 Å². The Labute approximate surface area is 209 Å². The molecule has 37 heavy (non-hydrogen) atoms. The van der Waals surface area contributed by atoms with E-state index in [9.17, 15) is 18.0 Å². The quantitative estimate of drug-likeness (QED) is 0.284. The van der Waals surface area contributed by atoms with Gasteiger partial charge in [-0.25, -0.2) is 0 Å². The van der Waals surface area contributed by atoms with Crippen molar-refractivity contribution in [3.8, 4) is 11.6 Å². The summed E-state index contributed by atoms with van der Waals surface area (Å²) in [5, 5.41) is 10.4. The third-order valence-corrected chi connectivity index (χ3v) is 5.73. The van der Waals surface area contributed by atoms with Gasteiger partial charge in [-0.05, 0) is 56.2 Å². The predicted molar refractivity (Wildman–Crippen MR) is 128 cm³/mol. The van der Waals surface area contributed by atoms with Gasteiger partial charge in [0.1, 0.15) is 11.3 Å². The van der Waals surface area contributed by atoms with Crippen molar-refractivity contribution in [1.29, 1.82) is 0 Å². The SMILES string of the molecule is Cc1ccc(C(F)(F)CNC(=O)c2c(Oc3cccc(C(F)(F)F)c3)nnc3cc(C)ccc23)c(C)c1. The van der Waals surface area contributed by atoms with E-state index in [1.807, 2.05) is 0 Å². The number of rotatable bonds is 6. The number of nitrogens with one attached hydrogen (secondary N) is 1. The Hall–Kier alpha value is -4.08. The van der Waals surface area contributed by atoms with Crippen molar-refractivity contribution in [3.63, 3.8) is 0 Å². The molecule has 0 saturated carbocycles. The smallest absolute Gasteiger partial charge is 0.416 e. The highest BCUT2D eigenvalue weighted by molar-refractivity contribution is 6.08. The normalized spacial score (nSPS) is 12.0. The van der Waals surface area contributed by atoms with Crippen LogP contribution in [0.2, 0.25) is 0 Å². The summed E-state index contributed by atoms with van der Waals surface area (Å²) in [6.07, 6.45) is -4.62. The summed E-state index contributed by atoms with van der Waals surface area (Å²) >= 11 is 0. The lowest BCUT2D eigenvalue weighted by molar-refractivity contribution is -0.137. The van der Waals surface area contributed by atoms with Gasteiger partial charge in [0, 0.05) is 10.9 Å². The molecule has 3 aromatic carbocycles. The van der Waals surface area contributed by atoms with Crippen molar-refractivity contribution >= 4 is 16.8 Å². The lowest BCUT2D eigenvalue weighted by Gasteiger charge is -2.20. The van der Waals surface area contributed by atoms with Gasteiger partial charge in [-0.3, -0.25) is 4.79 Å². The molecule has 0 bridgehead atoms. The van der Waals surface area contributed by atoms with E-state index in [4.69, 9.17) is 4.74 Å². The molecule has 1 aromatic heterocycles. The second-order valence-electron chi connectivity index (χ2n) is 8.73. The molecule has 192 valence electrons. The number of carbonyl (C=O) groups is 1. The Kier molecular flexibility index (Phi) is 6.86. The summed E-state index contributed by atoms with van der Waals surface area (Å²) in [7, 11) is 0. The number of hydrogen-bond donors (Lipinski definition) is 1. The van der Waals surface area contributed by atoms with Gasteiger partial charge in [-0.15, -0.1) is 10.2 Å². The van der Waals surface area contributed by atoms with Crippen LogP contribution in [-0.4, -0.2) is 22.6 Å². The molecule has 0 atom stereocenters. The monoisotopic (exact) mass is 515 g/mol. The molecular formula is C27H22F5N3O2. The van der Waals surface area contributed by atoms with E-state index in [0.29, 0.717) is 11.1 Å². The Morgan fingerprint density at radius 3 is 2.30 bits per heavy atom. The number of nitrogens with zero attached hydrogens (tertiary/aromatic N) is 2. The molecular weight excluding hydrogens is 493 g/mol. The van der Waals surface area contributed by atoms with Crippen LogP contribution in [0.25, 0.3) is 10.9 Å². The largest absolute Gasteiger partial charge is 0.437 e. The summed E-state index contributed by atoms with van der Waals surface area (Å²) in [4.78, 5) is 13.2. The molecule has 0 unspecified atom stereocenters. The summed E-state index contributed by atoms with van der Waals surface area (Å²) in [5.41, 5.74) is 0.879. The Bertz CT molecular complexity index is 1490. The number of ether oxygens (including phenoxy) is 1. The van der Waals surface area contributed by atoms with Gasteiger partial charge in [-0.2, -0.15) is 22.0 Å². The van der Waals surface area contributed by atoms with Crippen molar-refractivity contribution in [1.82, 2.24) is 15.5 Å². The second kappa shape index (κ2) is 9.76. The predicted octanol–water partition coefficient (Wildman–Crippen LogP) is 6.89. The Balaban J connectivity index is 1.70. The number of aromatic nitrogens is 2. The van der Waals surface area contributed by atoms with E-state index in [0.717, 1.165) is 29.3 Å². The molecule has 0 saturated heterocycles. The van der Waals surface area contributed by atoms with Crippen LogP contribution in [0, 0.1) is 20.8 Å². The molecule has 1 heterocycles. The number of fused-ring (bicyclic) bond motifs is 1. The van der Waals surface area contributed by atoms with Gasteiger partial charge in [0.25, 0.3) is 17.7 Å². The molecule has 10 heteroatoms. The maximum atomic E-state index is 15.0. The highest BCUT2D eigenvalue weighted by Crippen LogP contribution is 2.35. The van der Waals surface area contributed by atoms with Crippen LogP contribution in [-0.2, 0) is 12.1 Å². The minimum absolute atomic E-state index is 0.223. The van der Waals surface area contributed by atoms with E-state index >= 15 is 8.78 Å². The fourth-order valence-electron chi connectivity index (χ4n) is 3.94. The number of amides is 1. The molecule has 4 aromatic rings. The maximum absolute atomic E-state index is 15.0. The van der Waals surface area contributed by atoms with Crippen LogP contribution < -0.4 is 10.1 Å². The fraction of sp³-hybridized carbons (Fsp3) is 0.222. The van der Waals surface area contributed by atoms with Crippen molar-refractivity contribution in [2.24, 2.45) is 0 Å². The second-order valence-corrected chi connectivity index (χ2v) is 8.73. The molecule has 0 fully saturated rings. The van der Waals surface area contributed by atoms with Crippen LogP contribution in [0.1, 0.15) is 38.2 Å². The highest BCUT2D eigenvalue weighted by Gasteiger charge is 2.35. The molecule has 0 aliphatic heterocycles. The standard InChI is InChI=1S/C27H22F5N3O2/c1-15-8-10-21(17(3)11-15)26(28,29)14-33-24(36)23-20-9-7-16(2)12-22(20)34-35-25(23)37-19-6-4-5-18(13-19)27(30,31)32/h4-13H,14H2,1-3H3,(H,33,36). The summed E-state index contributed by atoms with van der Waals surface area (Å²) < 4.78 is 75.0. The first-order valence-corrected chi connectivity index (χ1v) is 11.2. The van der Waals surface area contributed by atoms with Gasteiger partial charge >= 0.3 is 6.18 Å². The van der Waals surface area contributed by atoms with Gasteiger partial charge in [-0.1, -0.05) is 42.0 Å². The molecule has 1 N–H and O–H groups in total. The molecule has 0 radical (unpaired) electrons. The van der Waals surface area contributed by atoms with E-state index in [1.165, 1.54) is 12.1 Å². The summed E-state index contributed by atoms with van der Waals surface area (Å²) in [6.45, 7) is 4.11. The van der Waals surface area contributed by atoms with Crippen molar-refractivity contribution in [2.45, 2.75) is 32.9 Å². The zero-order chi connectivity index (χ0) is 27.0. The lowest BCUT2D eigenvalue weighted by atomic mass is 10.00. The Morgan fingerprint density at radius 2 is 1.59 bits per heavy atom. The first-order valence-electron chi connectivity index (χ1n) is 11.2. The van der Waals surface area contributed by atoms with Crippen LogP contribution in [0.4, 0.5) is 22.0 Å². The number of benzene rings is 3. The van der Waals surface area contributed by atoms with Gasteiger partial charge in [0.2, 0.25) is 0 Å². The van der Waals surface area contributed by atoms with Gasteiger partial charge < -0.3 is 10.1 Å². The topological polar surface area (TPSA) is 64.1 Å². The zero-order valence-corrected chi connectivity index (χ0v) is 20.1. The maximum Gasteiger partial charge on any atom is 0.416 e. The van der Waals surface area contributed by atoms with Crippen molar-refractivity contribution in [3.05, 3.63) is 94.0 Å². The number of carbonyl (C=O) groups excluding carboxylic acids is 1. The molecule has 0 aliphatic rings. The molecule has 0 aliphatic carbocycles. The average molecular weight is 515 g/mol. The number of aryl methyl sites for hydroxylation is 3. The molecule has 1 amide bonds. The van der Waals surface area contributed by atoms with Gasteiger partial charge in [0.05, 0.1) is 17.6 Å². The lowest BCUT2D eigenvalue weighted by Crippen LogP contribution is -2.35. The minimum atomic E-state index is -4.62. The minimum Gasteiger partial charge on any atom is -0.437 e. The van der Waals surface area contributed by atoms with Crippen LogP contribution in [0.15, 0.2) is 60.7 Å². The zero-order valence-electron chi connectivity index (χ0n) is 20.1. The van der Waals surface area contributed by atoms with E-state index in [2.05, 4.69) is 15.5 Å². The third-order valence-electron chi connectivity index (χ3n) is 5.73. The molecule has 4 rings (SSSR count). The summed E-state index contributed by atoms with van der Waals surface area (Å²) in [5.74, 6) is -4.98. The first kappa shape index (κ1) is 26.0. The van der Waals surface area contributed by atoms with Crippen LogP contribution in [0.3, 0.4) is 0 Å². The molecule has 5 nitrogen and oxygen atoms in total. The van der Waals surface area contributed by atoms with E-state index < -0.39 is 36.0 Å². The summed E-state index contributed by atoms with van der Waals surface area (Å²) in [6, 6.07) is 13.4. The van der Waals surface area contributed by atoms with Gasteiger partial charge in [0.15, 0.2) is 0 Å². The number of halogens is 5. The average Bonchev–Trinajstić information content (AvgIpc) is 2.82. The third kappa shape index (κ3) is 5.68. The Morgan fingerprint density at radius 1 is 0.892 bits per heavy atom. The van der Waals surface area contributed by atoms with Crippen molar-refractivity contribution in [2.75, 3.05) is 6.54 Å². The highest BCUT2D eigenvalue weighted by atomic mass is 19.4. The van der Waals surface area contributed by atoms with E-state index in [1.54, 1.807) is 51.1 Å².